The Morgan fingerprint density at radius 1 is 1.24 bits per heavy atom. The van der Waals surface area contributed by atoms with Gasteiger partial charge < -0.3 is 5.73 Å². The van der Waals surface area contributed by atoms with Crippen LogP contribution in [-0.2, 0) is 10.2 Å². The van der Waals surface area contributed by atoms with Crippen molar-refractivity contribution in [2.24, 2.45) is 11.7 Å². The van der Waals surface area contributed by atoms with Crippen molar-refractivity contribution in [3.63, 3.8) is 0 Å². The molecule has 0 amide bonds. The molecule has 0 aliphatic heterocycles. The largest absolute Gasteiger partial charge is 0.329 e. The summed E-state index contributed by atoms with van der Waals surface area (Å²) in [5, 5.41) is 0. The van der Waals surface area contributed by atoms with E-state index in [2.05, 4.69) is 16.4 Å². The number of hydrogen-bond donors (Lipinski definition) is 3. The fourth-order valence-corrected chi connectivity index (χ4v) is 3.99. The van der Waals surface area contributed by atoms with Crippen LogP contribution in [0.4, 0.5) is 0 Å². The van der Waals surface area contributed by atoms with E-state index in [1.807, 2.05) is 0 Å². The molecule has 2 rings (SSSR count). The lowest BCUT2D eigenvalue weighted by molar-refractivity contribution is 0.230. The van der Waals surface area contributed by atoms with Gasteiger partial charge in [0.2, 0.25) is 0 Å². The molecular weight excluding hydrogens is 238 g/mol. The molecule has 0 heterocycles. The molecule has 0 unspecified atom stereocenters. The van der Waals surface area contributed by atoms with E-state index in [4.69, 9.17) is 5.73 Å². The van der Waals surface area contributed by atoms with Crippen molar-refractivity contribution < 1.29 is 8.42 Å². The lowest BCUT2D eigenvalue weighted by Crippen LogP contribution is -2.58. The Hall–Kier alpha value is -0.170. The molecule has 2 fully saturated rings. The highest BCUT2D eigenvalue weighted by Crippen LogP contribution is 2.32. The SMILES string of the molecule is CC1CCC(CN)(NS(=O)(=O)NC2CC2)CC1. The summed E-state index contributed by atoms with van der Waals surface area (Å²) in [7, 11) is -3.39. The van der Waals surface area contributed by atoms with Gasteiger partial charge in [-0.15, -0.1) is 0 Å². The molecule has 4 N–H and O–H groups in total. The maximum Gasteiger partial charge on any atom is 0.277 e. The molecule has 5 nitrogen and oxygen atoms in total. The molecule has 0 atom stereocenters. The normalized spacial score (nSPS) is 34.8. The van der Waals surface area contributed by atoms with Gasteiger partial charge in [-0.25, -0.2) is 0 Å². The zero-order valence-corrected chi connectivity index (χ0v) is 11.2. The molecule has 0 aromatic rings. The van der Waals surface area contributed by atoms with E-state index in [-0.39, 0.29) is 6.04 Å². The van der Waals surface area contributed by atoms with Crippen LogP contribution in [0.3, 0.4) is 0 Å². The first kappa shape index (κ1) is 13.3. The molecular formula is C11H23N3O2S. The second-order valence-corrected chi connectivity index (χ2v) is 7.11. The van der Waals surface area contributed by atoms with Crippen molar-refractivity contribution in [1.29, 1.82) is 0 Å². The van der Waals surface area contributed by atoms with Gasteiger partial charge in [-0.2, -0.15) is 17.9 Å². The summed E-state index contributed by atoms with van der Waals surface area (Å²) in [5.41, 5.74) is 5.36. The molecule has 0 saturated heterocycles. The summed E-state index contributed by atoms with van der Waals surface area (Å²) in [6.45, 7) is 2.59. The molecule has 2 saturated carbocycles. The molecule has 2 aliphatic rings. The lowest BCUT2D eigenvalue weighted by atomic mass is 9.78. The van der Waals surface area contributed by atoms with Gasteiger partial charge in [-0.1, -0.05) is 6.92 Å². The van der Waals surface area contributed by atoms with Crippen LogP contribution in [0, 0.1) is 5.92 Å². The van der Waals surface area contributed by atoms with Gasteiger partial charge in [0.05, 0.1) is 0 Å². The van der Waals surface area contributed by atoms with Crippen LogP contribution in [0.25, 0.3) is 0 Å². The van der Waals surface area contributed by atoms with Gasteiger partial charge in [0.1, 0.15) is 0 Å². The van der Waals surface area contributed by atoms with Gasteiger partial charge in [0.15, 0.2) is 0 Å². The minimum atomic E-state index is -3.39. The van der Waals surface area contributed by atoms with E-state index in [1.165, 1.54) is 0 Å². The summed E-state index contributed by atoms with van der Waals surface area (Å²) in [4.78, 5) is 0. The molecule has 17 heavy (non-hydrogen) atoms. The third-order valence-corrected chi connectivity index (χ3v) is 5.22. The highest BCUT2D eigenvalue weighted by molar-refractivity contribution is 7.87. The Kier molecular flexibility index (Phi) is 3.77. The number of hydrogen-bond acceptors (Lipinski definition) is 3. The molecule has 0 radical (unpaired) electrons. The summed E-state index contributed by atoms with van der Waals surface area (Å²) in [6.07, 6.45) is 5.68. The molecule has 0 bridgehead atoms. The maximum absolute atomic E-state index is 11.9. The standard InChI is InChI=1S/C11H23N3O2S/c1-9-4-6-11(8-12,7-5-9)14-17(15,16)13-10-2-3-10/h9-10,13-14H,2-8,12H2,1H3. The average Bonchev–Trinajstić information content (AvgIpc) is 3.04. The molecule has 2 aliphatic carbocycles. The van der Waals surface area contributed by atoms with Gasteiger partial charge in [-0.3, -0.25) is 0 Å². The van der Waals surface area contributed by atoms with E-state index in [0.717, 1.165) is 38.5 Å². The Morgan fingerprint density at radius 2 is 1.82 bits per heavy atom. The summed E-state index contributed by atoms with van der Waals surface area (Å²) in [6, 6.07) is 0.143. The third-order valence-electron chi connectivity index (χ3n) is 3.87. The van der Waals surface area contributed by atoms with Crippen LogP contribution in [0.5, 0.6) is 0 Å². The highest BCUT2D eigenvalue weighted by atomic mass is 32.2. The molecule has 0 spiro atoms. The molecule has 100 valence electrons. The lowest BCUT2D eigenvalue weighted by Gasteiger charge is -2.38. The average molecular weight is 261 g/mol. The van der Waals surface area contributed by atoms with Crippen molar-refractivity contribution in [3.05, 3.63) is 0 Å². The van der Waals surface area contributed by atoms with Gasteiger partial charge >= 0.3 is 0 Å². The first-order valence-corrected chi connectivity index (χ1v) is 7.94. The van der Waals surface area contributed by atoms with Gasteiger partial charge in [-0.05, 0) is 44.4 Å². The van der Waals surface area contributed by atoms with Crippen molar-refractivity contribution in [1.82, 2.24) is 9.44 Å². The zero-order valence-electron chi connectivity index (χ0n) is 10.4. The van der Waals surface area contributed by atoms with Crippen LogP contribution in [0.1, 0.15) is 45.4 Å². The van der Waals surface area contributed by atoms with Gasteiger partial charge in [0.25, 0.3) is 10.2 Å². The van der Waals surface area contributed by atoms with Crippen LogP contribution in [-0.4, -0.2) is 26.5 Å². The predicted molar refractivity (Wildman–Crippen MR) is 67.6 cm³/mol. The Labute approximate surface area is 104 Å². The van der Waals surface area contributed by atoms with Crippen LogP contribution >= 0.6 is 0 Å². The van der Waals surface area contributed by atoms with E-state index in [9.17, 15) is 8.42 Å². The second-order valence-electron chi connectivity index (χ2n) is 5.66. The first-order chi connectivity index (χ1) is 7.95. The Bertz CT molecular complexity index is 357. The Morgan fingerprint density at radius 3 is 2.29 bits per heavy atom. The van der Waals surface area contributed by atoms with Crippen molar-refractivity contribution in [2.75, 3.05) is 6.54 Å². The quantitative estimate of drug-likeness (QED) is 0.673. The molecule has 0 aromatic carbocycles. The van der Waals surface area contributed by atoms with Crippen molar-refractivity contribution >= 4 is 10.2 Å². The van der Waals surface area contributed by atoms with E-state index in [0.29, 0.717) is 12.5 Å². The minimum Gasteiger partial charge on any atom is -0.329 e. The number of nitrogens with two attached hydrogens (primary N) is 1. The van der Waals surface area contributed by atoms with E-state index < -0.39 is 15.7 Å². The molecule has 6 heteroatoms. The monoisotopic (exact) mass is 261 g/mol. The summed E-state index contributed by atoms with van der Waals surface area (Å²) >= 11 is 0. The Balaban J connectivity index is 1.98. The van der Waals surface area contributed by atoms with Gasteiger partial charge in [0, 0.05) is 18.1 Å². The first-order valence-electron chi connectivity index (χ1n) is 6.46. The number of nitrogens with one attached hydrogen (secondary N) is 2. The highest BCUT2D eigenvalue weighted by Gasteiger charge is 2.38. The maximum atomic E-state index is 11.9. The van der Waals surface area contributed by atoms with Crippen molar-refractivity contribution in [2.45, 2.75) is 57.0 Å². The second kappa shape index (κ2) is 4.84. The topological polar surface area (TPSA) is 84.2 Å². The predicted octanol–water partition coefficient (Wildman–Crippen LogP) is 0.480. The van der Waals surface area contributed by atoms with Crippen LogP contribution in [0.15, 0.2) is 0 Å². The van der Waals surface area contributed by atoms with E-state index in [1.54, 1.807) is 0 Å². The van der Waals surface area contributed by atoms with Crippen LogP contribution in [0.2, 0.25) is 0 Å². The zero-order chi connectivity index (χ0) is 12.5. The van der Waals surface area contributed by atoms with Crippen molar-refractivity contribution in [3.8, 4) is 0 Å². The third kappa shape index (κ3) is 3.64. The summed E-state index contributed by atoms with van der Waals surface area (Å²) in [5.74, 6) is 0.676. The smallest absolute Gasteiger partial charge is 0.277 e. The van der Waals surface area contributed by atoms with Crippen LogP contribution < -0.4 is 15.2 Å². The minimum absolute atomic E-state index is 0.143. The van der Waals surface area contributed by atoms with E-state index >= 15 is 0 Å². The fraction of sp³-hybridized carbons (Fsp3) is 1.00. The molecule has 0 aromatic heterocycles. The number of rotatable bonds is 5. The fourth-order valence-electron chi connectivity index (χ4n) is 2.40. The summed E-state index contributed by atoms with van der Waals surface area (Å²) < 4.78 is 29.3.